The molecule has 15 heavy (non-hydrogen) atoms. The lowest BCUT2D eigenvalue weighted by Gasteiger charge is -2.20. The molecule has 0 aliphatic rings. The molecule has 0 amide bonds. The number of methoxy groups -OCH3 is 1. The van der Waals surface area contributed by atoms with Crippen LogP contribution in [-0.4, -0.2) is 30.9 Å². The van der Waals surface area contributed by atoms with Crippen LogP contribution in [0.5, 0.6) is 0 Å². The van der Waals surface area contributed by atoms with Crippen LogP contribution < -0.4 is 0 Å². The molecule has 0 saturated heterocycles. The Labute approximate surface area is 91.9 Å². The molecule has 0 aromatic rings. The van der Waals surface area contributed by atoms with Crippen LogP contribution in [-0.2, 0) is 4.74 Å². The highest BCUT2D eigenvalue weighted by molar-refractivity contribution is 9.09. The molecule has 0 aliphatic carbocycles. The van der Waals surface area contributed by atoms with Crippen LogP contribution in [0.3, 0.4) is 0 Å². The molecule has 0 aliphatic heterocycles. The van der Waals surface area contributed by atoms with E-state index in [-0.39, 0.29) is 7.11 Å². The first-order valence-electron chi connectivity index (χ1n) is 3.83. The average molecular weight is 305 g/mol. The molecule has 0 bridgehead atoms. The Morgan fingerprint density at radius 2 is 1.53 bits per heavy atom. The highest BCUT2D eigenvalue weighted by Crippen LogP contribution is 2.34. The summed E-state index contributed by atoms with van der Waals surface area (Å²) < 4.78 is 71.7. The molecule has 0 saturated carbocycles. The molecule has 0 fully saturated rings. The summed E-state index contributed by atoms with van der Waals surface area (Å²) in [5, 5.41) is 1.13. The van der Waals surface area contributed by atoms with Crippen molar-refractivity contribution in [2.45, 2.75) is 31.8 Å². The van der Waals surface area contributed by atoms with Gasteiger partial charge in [-0.1, -0.05) is 22.9 Å². The van der Waals surface area contributed by atoms with Gasteiger partial charge in [0.05, 0.1) is 0 Å². The second kappa shape index (κ2) is 7.32. The normalized spacial score (nSPS) is 14.2. The van der Waals surface area contributed by atoms with Gasteiger partial charge in [-0.3, -0.25) is 0 Å². The van der Waals surface area contributed by atoms with Gasteiger partial charge in [-0.15, -0.1) is 0 Å². The molecule has 1 atom stereocenters. The minimum absolute atomic E-state index is 0.290. The zero-order chi connectivity index (χ0) is 12.7. The summed E-state index contributed by atoms with van der Waals surface area (Å²) in [6.45, 7) is 2.13. The summed E-state index contributed by atoms with van der Waals surface area (Å²) in [4.78, 5) is 0. The van der Waals surface area contributed by atoms with Crippen molar-refractivity contribution in [3.63, 3.8) is 0 Å². The summed E-state index contributed by atoms with van der Waals surface area (Å²) in [5.74, 6) is 0. The van der Waals surface area contributed by atoms with Crippen LogP contribution in [0.4, 0.5) is 26.3 Å². The molecular weight excluding hydrogens is 294 g/mol. The van der Waals surface area contributed by atoms with E-state index >= 15 is 0 Å². The van der Waals surface area contributed by atoms with Gasteiger partial charge in [-0.2, -0.15) is 22.0 Å². The van der Waals surface area contributed by atoms with Crippen molar-refractivity contribution in [3.05, 3.63) is 0 Å². The lowest BCUT2D eigenvalue weighted by molar-refractivity contribution is -0.327. The highest BCUT2D eigenvalue weighted by atomic mass is 79.9. The molecule has 0 N–H and O–H groups in total. The van der Waals surface area contributed by atoms with Crippen LogP contribution in [0.1, 0.15) is 13.3 Å². The van der Waals surface area contributed by atoms with E-state index in [4.69, 9.17) is 0 Å². The van der Waals surface area contributed by atoms with Crippen molar-refractivity contribution >= 4 is 15.9 Å². The molecule has 0 aromatic carbocycles. The first-order valence-corrected chi connectivity index (χ1v) is 4.95. The molecule has 0 rings (SSSR count). The van der Waals surface area contributed by atoms with Crippen molar-refractivity contribution in [2.75, 3.05) is 12.4 Å². The minimum atomic E-state index is -5.60. The first-order chi connectivity index (χ1) is 6.63. The van der Waals surface area contributed by atoms with Gasteiger partial charge in [0.25, 0.3) is 6.17 Å². The van der Waals surface area contributed by atoms with Gasteiger partial charge in [0, 0.05) is 12.4 Å². The van der Waals surface area contributed by atoms with Crippen LogP contribution in [0.2, 0.25) is 0 Å². The minimum Gasteiger partial charge on any atom is -0.321 e. The standard InChI is InChI=1S/C4H4F6O.C3H7Br/c1-11-4(9,10)2(5)3(6,7)8;1-2-3-4/h2H,1H3;2-3H2,1H3. The van der Waals surface area contributed by atoms with E-state index in [1.165, 1.54) is 6.42 Å². The fourth-order valence-corrected chi connectivity index (χ4v) is 0.294. The number of hydrogen-bond donors (Lipinski definition) is 0. The number of rotatable bonds is 3. The van der Waals surface area contributed by atoms with Crippen molar-refractivity contribution in [1.29, 1.82) is 0 Å². The van der Waals surface area contributed by atoms with Crippen molar-refractivity contribution in [3.8, 4) is 0 Å². The van der Waals surface area contributed by atoms with E-state index in [1.807, 2.05) is 0 Å². The van der Waals surface area contributed by atoms with Gasteiger partial charge < -0.3 is 4.74 Å². The molecule has 0 spiro atoms. The molecule has 94 valence electrons. The smallest absolute Gasteiger partial charge is 0.321 e. The average Bonchev–Trinajstić information content (AvgIpc) is 2.15. The topological polar surface area (TPSA) is 9.23 Å². The Bertz CT molecular complexity index is 158. The molecule has 1 unspecified atom stereocenters. The van der Waals surface area contributed by atoms with Crippen molar-refractivity contribution in [1.82, 2.24) is 0 Å². The maximum atomic E-state index is 11.7. The van der Waals surface area contributed by atoms with Crippen molar-refractivity contribution in [2.24, 2.45) is 0 Å². The third-order valence-electron chi connectivity index (χ3n) is 1.04. The Morgan fingerprint density at radius 3 is 1.60 bits per heavy atom. The van der Waals surface area contributed by atoms with E-state index in [1.54, 1.807) is 0 Å². The first kappa shape index (κ1) is 17.4. The van der Waals surface area contributed by atoms with Gasteiger partial charge in [0.2, 0.25) is 0 Å². The number of halogens is 7. The summed E-state index contributed by atoms with van der Waals surface area (Å²) in [7, 11) is 0.290. The maximum absolute atomic E-state index is 11.7. The lowest BCUT2D eigenvalue weighted by atomic mass is 10.3. The Kier molecular flexibility index (Phi) is 8.50. The fourth-order valence-electron chi connectivity index (χ4n) is 0.294. The van der Waals surface area contributed by atoms with Crippen molar-refractivity contribution < 1.29 is 31.1 Å². The second-order valence-corrected chi connectivity index (χ2v) is 3.15. The lowest BCUT2D eigenvalue weighted by Crippen LogP contribution is -2.42. The Morgan fingerprint density at radius 1 is 1.20 bits per heavy atom. The van der Waals surface area contributed by atoms with Gasteiger partial charge in [-0.05, 0) is 6.42 Å². The van der Waals surface area contributed by atoms with Gasteiger partial charge in [0.15, 0.2) is 0 Å². The summed E-state index contributed by atoms with van der Waals surface area (Å²) in [5.41, 5.74) is 0. The van der Waals surface area contributed by atoms with E-state index in [0.29, 0.717) is 0 Å². The van der Waals surface area contributed by atoms with Gasteiger partial charge >= 0.3 is 12.3 Å². The molecule has 0 heterocycles. The van der Waals surface area contributed by atoms with E-state index in [0.717, 1.165) is 5.33 Å². The SMILES string of the molecule is CCCBr.COC(F)(F)C(F)C(F)(F)F. The molecule has 1 nitrogen and oxygen atoms in total. The zero-order valence-electron chi connectivity index (χ0n) is 8.05. The molecule has 0 aromatic heterocycles. The van der Waals surface area contributed by atoms with Gasteiger partial charge in [0.1, 0.15) is 0 Å². The van der Waals surface area contributed by atoms with Crippen LogP contribution in [0.25, 0.3) is 0 Å². The van der Waals surface area contributed by atoms with Crippen LogP contribution >= 0.6 is 15.9 Å². The van der Waals surface area contributed by atoms with Gasteiger partial charge in [-0.25, -0.2) is 4.39 Å². The highest BCUT2D eigenvalue weighted by Gasteiger charge is 2.57. The van der Waals surface area contributed by atoms with E-state index < -0.39 is 18.5 Å². The van der Waals surface area contributed by atoms with E-state index in [9.17, 15) is 26.3 Å². The number of ether oxygens (including phenoxy) is 1. The predicted octanol–water partition coefficient (Wildman–Crippen LogP) is 3.92. The summed E-state index contributed by atoms with van der Waals surface area (Å²) in [6, 6.07) is 0. The summed E-state index contributed by atoms with van der Waals surface area (Å²) >= 11 is 3.25. The van der Waals surface area contributed by atoms with Crippen LogP contribution in [0, 0.1) is 0 Å². The molecular formula is C7H11BrF6O. The Balaban J connectivity index is 0. The second-order valence-electron chi connectivity index (χ2n) is 2.36. The molecule has 8 heteroatoms. The molecule has 0 radical (unpaired) electrons. The largest absolute Gasteiger partial charge is 0.428 e. The third-order valence-corrected chi connectivity index (χ3v) is 1.84. The number of alkyl halides is 7. The third kappa shape index (κ3) is 7.89. The quantitative estimate of drug-likeness (QED) is 0.567. The van der Waals surface area contributed by atoms with Crippen LogP contribution in [0.15, 0.2) is 0 Å². The zero-order valence-corrected chi connectivity index (χ0v) is 9.63. The Hall–Kier alpha value is 0.0200. The maximum Gasteiger partial charge on any atom is 0.428 e. The monoisotopic (exact) mass is 304 g/mol. The van der Waals surface area contributed by atoms with E-state index in [2.05, 4.69) is 27.6 Å². The predicted molar refractivity (Wildman–Crippen MR) is 47.0 cm³/mol. The number of hydrogen-bond acceptors (Lipinski definition) is 1. The fraction of sp³-hybridized carbons (Fsp3) is 1.00. The summed E-state index contributed by atoms with van der Waals surface area (Å²) in [6.07, 6.45) is -13.4.